The summed E-state index contributed by atoms with van der Waals surface area (Å²) in [7, 11) is 0. The summed E-state index contributed by atoms with van der Waals surface area (Å²) in [5, 5.41) is 2.98. The molecule has 0 saturated heterocycles. The Bertz CT molecular complexity index is 585. The molecule has 1 heterocycles. The van der Waals surface area contributed by atoms with Gasteiger partial charge in [0.05, 0.1) is 18.0 Å². The van der Waals surface area contributed by atoms with Gasteiger partial charge < -0.3 is 15.8 Å². The molecule has 0 saturated carbocycles. The number of benzene rings is 1. The first-order valence-corrected chi connectivity index (χ1v) is 6.60. The number of halogens is 3. The Morgan fingerprint density at radius 3 is 2.23 bits per heavy atom. The van der Waals surface area contributed by atoms with Crippen LogP contribution < -0.4 is 15.8 Å². The highest BCUT2D eigenvalue weighted by molar-refractivity contribution is 5.34. The first kappa shape index (κ1) is 16.0. The lowest BCUT2D eigenvalue weighted by atomic mass is 10.2. The number of hydrogen-bond acceptors (Lipinski definition) is 5. The smallest absolute Gasteiger partial charge is 0.416 e. The second-order valence-electron chi connectivity index (χ2n) is 4.44. The maximum atomic E-state index is 12.4. The van der Waals surface area contributed by atoms with Gasteiger partial charge in [-0.2, -0.15) is 13.2 Å². The molecule has 2 rings (SSSR count). The Balaban J connectivity index is 1.96. The number of nitrogens with zero attached hydrogens (tertiary/aromatic N) is 2. The molecule has 22 heavy (non-hydrogen) atoms. The Hall–Kier alpha value is -2.35. The van der Waals surface area contributed by atoms with Crippen LogP contribution in [-0.4, -0.2) is 23.1 Å². The third kappa shape index (κ3) is 4.59. The van der Waals surface area contributed by atoms with E-state index in [0.29, 0.717) is 24.8 Å². The number of nitrogens with two attached hydrogens (primary N) is 1. The number of nitrogens with one attached hydrogen (secondary N) is 1. The molecule has 0 spiro atoms. The van der Waals surface area contributed by atoms with Crippen molar-refractivity contribution in [1.82, 2.24) is 9.97 Å². The molecule has 0 amide bonds. The van der Waals surface area contributed by atoms with E-state index in [9.17, 15) is 13.2 Å². The van der Waals surface area contributed by atoms with Crippen molar-refractivity contribution in [2.75, 3.05) is 18.4 Å². The zero-order chi connectivity index (χ0) is 16.0. The molecule has 0 bridgehead atoms. The van der Waals surface area contributed by atoms with Crippen molar-refractivity contribution in [3.05, 3.63) is 42.2 Å². The first-order valence-electron chi connectivity index (χ1n) is 6.60. The van der Waals surface area contributed by atoms with E-state index in [1.54, 1.807) is 0 Å². The van der Waals surface area contributed by atoms with Gasteiger partial charge in [-0.25, -0.2) is 9.97 Å². The minimum absolute atomic E-state index is 0.278. The van der Waals surface area contributed by atoms with Crippen LogP contribution in [0.2, 0.25) is 0 Å². The van der Waals surface area contributed by atoms with Gasteiger partial charge in [-0.15, -0.1) is 0 Å². The van der Waals surface area contributed by atoms with Crippen LogP contribution in [0.3, 0.4) is 0 Å². The second-order valence-corrected chi connectivity index (χ2v) is 4.44. The molecule has 0 aliphatic heterocycles. The molecule has 5 nitrogen and oxygen atoms in total. The zero-order valence-electron chi connectivity index (χ0n) is 11.6. The van der Waals surface area contributed by atoms with E-state index in [1.165, 1.54) is 24.5 Å². The highest BCUT2D eigenvalue weighted by Gasteiger charge is 2.30. The van der Waals surface area contributed by atoms with Gasteiger partial charge in [0, 0.05) is 6.54 Å². The summed E-state index contributed by atoms with van der Waals surface area (Å²) in [5.41, 5.74) is 4.64. The summed E-state index contributed by atoms with van der Waals surface area (Å²) >= 11 is 0. The van der Waals surface area contributed by atoms with Gasteiger partial charge in [-0.05, 0) is 37.2 Å². The van der Waals surface area contributed by atoms with Crippen molar-refractivity contribution in [2.45, 2.75) is 12.6 Å². The van der Waals surface area contributed by atoms with E-state index in [4.69, 9.17) is 10.5 Å². The monoisotopic (exact) mass is 312 g/mol. The lowest BCUT2D eigenvalue weighted by Gasteiger charge is -2.09. The molecule has 0 aliphatic rings. The number of anilines is 1. The third-order valence-electron chi connectivity index (χ3n) is 2.71. The van der Waals surface area contributed by atoms with E-state index < -0.39 is 11.7 Å². The molecular weight excluding hydrogens is 297 g/mol. The number of aromatic nitrogens is 2. The normalized spacial score (nSPS) is 11.3. The molecule has 0 aliphatic carbocycles. The van der Waals surface area contributed by atoms with Gasteiger partial charge in [-0.1, -0.05) is 0 Å². The number of rotatable bonds is 6. The van der Waals surface area contributed by atoms with E-state index >= 15 is 0 Å². The summed E-state index contributed by atoms with van der Waals surface area (Å²) in [6, 6.07) is 4.41. The van der Waals surface area contributed by atoms with Crippen LogP contribution in [-0.2, 0) is 6.18 Å². The Labute approximate surface area is 125 Å². The standard InChI is InChI=1S/C14H15F3N4O/c15-14(16,17)10-2-4-11(5-3-10)22-12-8-20-13(21-9-12)19-7-1-6-18/h2-5,8-9H,1,6-7,18H2,(H,19,20,21). The number of alkyl halides is 3. The van der Waals surface area contributed by atoms with Crippen molar-refractivity contribution in [3.8, 4) is 11.5 Å². The van der Waals surface area contributed by atoms with Crippen LogP contribution >= 0.6 is 0 Å². The molecule has 118 valence electrons. The van der Waals surface area contributed by atoms with Gasteiger partial charge in [0.25, 0.3) is 0 Å². The molecule has 0 radical (unpaired) electrons. The second kappa shape index (κ2) is 7.08. The van der Waals surface area contributed by atoms with E-state index in [0.717, 1.165) is 18.6 Å². The largest absolute Gasteiger partial charge is 0.454 e. The lowest BCUT2D eigenvalue weighted by molar-refractivity contribution is -0.137. The first-order chi connectivity index (χ1) is 10.5. The summed E-state index contributed by atoms with van der Waals surface area (Å²) in [4.78, 5) is 8.07. The predicted octanol–water partition coefficient (Wildman–Crippen LogP) is 3.05. The maximum Gasteiger partial charge on any atom is 0.416 e. The van der Waals surface area contributed by atoms with Gasteiger partial charge in [0.1, 0.15) is 5.75 Å². The van der Waals surface area contributed by atoms with Crippen LogP contribution in [0, 0.1) is 0 Å². The lowest BCUT2D eigenvalue weighted by Crippen LogP contribution is -2.10. The zero-order valence-corrected chi connectivity index (χ0v) is 11.6. The average molecular weight is 312 g/mol. The van der Waals surface area contributed by atoms with Crippen LogP contribution in [0.5, 0.6) is 11.5 Å². The van der Waals surface area contributed by atoms with Crippen LogP contribution in [0.15, 0.2) is 36.7 Å². The molecule has 1 aromatic heterocycles. The van der Waals surface area contributed by atoms with Crippen LogP contribution in [0.4, 0.5) is 19.1 Å². The summed E-state index contributed by atoms with van der Waals surface area (Å²) in [6.07, 6.45) is -0.684. The SMILES string of the molecule is NCCCNc1ncc(Oc2ccc(C(F)(F)F)cc2)cn1. The van der Waals surface area contributed by atoms with Gasteiger partial charge in [0.15, 0.2) is 5.75 Å². The topological polar surface area (TPSA) is 73.1 Å². The quantitative estimate of drug-likeness (QED) is 0.802. The molecule has 0 unspecified atom stereocenters. The fourth-order valence-corrected chi connectivity index (χ4v) is 1.61. The van der Waals surface area contributed by atoms with Gasteiger partial charge in [-0.3, -0.25) is 0 Å². The fourth-order valence-electron chi connectivity index (χ4n) is 1.61. The molecule has 2 aromatic rings. The molecule has 3 N–H and O–H groups in total. The Morgan fingerprint density at radius 2 is 1.68 bits per heavy atom. The molecule has 8 heteroatoms. The van der Waals surface area contributed by atoms with Gasteiger partial charge in [0.2, 0.25) is 5.95 Å². The minimum atomic E-state index is -4.36. The summed E-state index contributed by atoms with van der Waals surface area (Å²) in [6.45, 7) is 1.23. The van der Waals surface area contributed by atoms with Crippen LogP contribution in [0.1, 0.15) is 12.0 Å². The van der Waals surface area contributed by atoms with Crippen LogP contribution in [0.25, 0.3) is 0 Å². The molecule has 1 aromatic carbocycles. The average Bonchev–Trinajstić information content (AvgIpc) is 2.49. The van der Waals surface area contributed by atoms with Gasteiger partial charge >= 0.3 is 6.18 Å². The highest BCUT2D eigenvalue weighted by Crippen LogP contribution is 2.31. The van der Waals surface area contributed by atoms with Crippen molar-refractivity contribution < 1.29 is 17.9 Å². The summed E-state index contributed by atoms with van der Waals surface area (Å²) < 4.78 is 42.7. The van der Waals surface area contributed by atoms with Crippen molar-refractivity contribution in [3.63, 3.8) is 0 Å². The third-order valence-corrected chi connectivity index (χ3v) is 2.71. The predicted molar refractivity (Wildman–Crippen MR) is 75.7 cm³/mol. The Kier molecular flexibility index (Phi) is 5.16. The maximum absolute atomic E-state index is 12.4. The van der Waals surface area contributed by atoms with E-state index in [1.807, 2.05) is 0 Å². The molecule has 0 atom stereocenters. The Morgan fingerprint density at radius 1 is 1.05 bits per heavy atom. The number of ether oxygens (including phenoxy) is 1. The van der Waals surface area contributed by atoms with Crippen molar-refractivity contribution in [2.24, 2.45) is 5.73 Å². The highest BCUT2D eigenvalue weighted by atomic mass is 19.4. The number of hydrogen-bond donors (Lipinski definition) is 2. The van der Waals surface area contributed by atoms with Crippen molar-refractivity contribution in [1.29, 1.82) is 0 Å². The van der Waals surface area contributed by atoms with Crippen molar-refractivity contribution >= 4 is 5.95 Å². The molecular formula is C14H15F3N4O. The molecule has 0 fully saturated rings. The summed E-state index contributed by atoms with van der Waals surface area (Å²) in [5.74, 6) is 1.05. The van der Waals surface area contributed by atoms with E-state index in [2.05, 4.69) is 15.3 Å². The fraction of sp³-hybridized carbons (Fsp3) is 0.286. The minimum Gasteiger partial charge on any atom is -0.454 e. The van der Waals surface area contributed by atoms with E-state index in [-0.39, 0.29) is 5.75 Å².